The van der Waals surface area contributed by atoms with E-state index in [0.717, 1.165) is 28.8 Å². The highest BCUT2D eigenvalue weighted by atomic mass is 19.1. The van der Waals surface area contributed by atoms with Crippen LogP contribution in [0.5, 0.6) is 0 Å². The first-order chi connectivity index (χ1) is 13.0. The third kappa shape index (κ3) is 4.85. The lowest BCUT2D eigenvalue weighted by Crippen LogP contribution is -2.24. The van der Waals surface area contributed by atoms with Crippen LogP contribution >= 0.6 is 0 Å². The molecule has 0 saturated heterocycles. The van der Waals surface area contributed by atoms with Crippen LogP contribution in [-0.2, 0) is 4.79 Å². The van der Waals surface area contributed by atoms with Crippen molar-refractivity contribution in [1.29, 1.82) is 0 Å². The third-order valence-electron chi connectivity index (χ3n) is 4.12. The molecule has 0 radical (unpaired) electrons. The molecule has 3 nitrogen and oxygen atoms in total. The second-order valence-corrected chi connectivity index (χ2v) is 6.10. The number of carbonyl (C=O) groups is 1. The molecule has 1 unspecified atom stereocenters. The highest BCUT2D eigenvalue weighted by Crippen LogP contribution is 2.22. The van der Waals surface area contributed by atoms with Crippen molar-refractivity contribution in [2.75, 3.05) is 0 Å². The van der Waals surface area contributed by atoms with Gasteiger partial charge in [-0.05, 0) is 54.0 Å². The minimum Gasteiger partial charge on any atom is -0.346 e. The minimum absolute atomic E-state index is 0.151. The summed E-state index contributed by atoms with van der Waals surface area (Å²) in [7, 11) is 0. The van der Waals surface area contributed by atoms with Crippen molar-refractivity contribution in [3.05, 3.63) is 95.8 Å². The van der Waals surface area contributed by atoms with Gasteiger partial charge < -0.3 is 5.32 Å². The summed E-state index contributed by atoms with van der Waals surface area (Å²) < 4.78 is 26.5. The largest absolute Gasteiger partial charge is 0.346 e. The van der Waals surface area contributed by atoms with E-state index in [4.69, 9.17) is 0 Å². The first-order valence-corrected chi connectivity index (χ1v) is 8.47. The van der Waals surface area contributed by atoms with Gasteiger partial charge in [-0.15, -0.1) is 0 Å². The van der Waals surface area contributed by atoms with E-state index in [0.29, 0.717) is 0 Å². The summed E-state index contributed by atoms with van der Waals surface area (Å²) in [5.41, 5.74) is 3.08. The molecule has 1 heterocycles. The average Bonchev–Trinajstić information content (AvgIpc) is 2.68. The molecule has 0 spiro atoms. The van der Waals surface area contributed by atoms with Gasteiger partial charge in [0.15, 0.2) is 0 Å². The van der Waals surface area contributed by atoms with Crippen LogP contribution in [0.3, 0.4) is 0 Å². The highest BCUT2D eigenvalue weighted by molar-refractivity contribution is 5.92. The maximum atomic E-state index is 13.6. The molecule has 0 aliphatic rings. The number of hydrogen-bond acceptors (Lipinski definition) is 2. The van der Waals surface area contributed by atoms with Crippen LogP contribution in [0.1, 0.15) is 24.1 Å². The maximum absolute atomic E-state index is 13.6. The molecule has 3 aromatic rings. The van der Waals surface area contributed by atoms with Gasteiger partial charge in [-0.25, -0.2) is 8.78 Å². The zero-order chi connectivity index (χ0) is 19.2. The maximum Gasteiger partial charge on any atom is 0.244 e. The van der Waals surface area contributed by atoms with E-state index in [1.54, 1.807) is 12.4 Å². The fourth-order valence-corrected chi connectivity index (χ4v) is 2.67. The Morgan fingerprint density at radius 1 is 1.07 bits per heavy atom. The third-order valence-corrected chi connectivity index (χ3v) is 4.12. The molecule has 2 aromatic carbocycles. The van der Waals surface area contributed by atoms with Gasteiger partial charge in [-0.3, -0.25) is 9.78 Å². The quantitative estimate of drug-likeness (QED) is 0.653. The molecule has 0 fully saturated rings. The molecule has 0 aliphatic carbocycles. The van der Waals surface area contributed by atoms with Crippen LogP contribution in [0.4, 0.5) is 8.78 Å². The molecule has 1 aromatic heterocycles. The van der Waals surface area contributed by atoms with Crippen molar-refractivity contribution < 1.29 is 13.6 Å². The van der Waals surface area contributed by atoms with E-state index in [1.165, 1.54) is 18.2 Å². The summed E-state index contributed by atoms with van der Waals surface area (Å²) in [4.78, 5) is 16.2. The number of carbonyl (C=O) groups excluding carboxylic acids is 1. The predicted octanol–water partition coefficient (Wildman–Crippen LogP) is 4.92. The Hall–Kier alpha value is -3.34. The van der Waals surface area contributed by atoms with Gasteiger partial charge in [0.2, 0.25) is 5.91 Å². The second kappa shape index (κ2) is 8.36. The molecule has 1 amide bonds. The zero-order valence-corrected chi connectivity index (χ0v) is 14.7. The number of halogens is 2. The van der Waals surface area contributed by atoms with Crippen LogP contribution in [0.25, 0.3) is 17.2 Å². The Bertz CT molecular complexity index is 971. The van der Waals surface area contributed by atoms with Crippen molar-refractivity contribution in [2.45, 2.75) is 13.0 Å². The van der Waals surface area contributed by atoms with Crippen LogP contribution in [0, 0.1) is 11.6 Å². The lowest BCUT2D eigenvalue weighted by Gasteiger charge is -2.14. The first kappa shape index (κ1) is 18.5. The van der Waals surface area contributed by atoms with Gasteiger partial charge in [0.25, 0.3) is 0 Å². The van der Waals surface area contributed by atoms with E-state index in [1.807, 2.05) is 43.3 Å². The smallest absolute Gasteiger partial charge is 0.244 e. The average molecular weight is 364 g/mol. The second-order valence-electron chi connectivity index (χ2n) is 6.10. The van der Waals surface area contributed by atoms with Crippen molar-refractivity contribution in [1.82, 2.24) is 10.3 Å². The van der Waals surface area contributed by atoms with Crippen molar-refractivity contribution in [3.63, 3.8) is 0 Å². The molecule has 1 atom stereocenters. The molecule has 136 valence electrons. The predicted molar refractivity (Wildman–Crippen MR) is 102 cm³/mol. The first-order valence-electron chi connectivity index (χ1n) is 8.47. The fraction of sp³-hybridized carbons (Fsp3) is 0.0909. The zero-order valence-electron chi connectivity index (χ0n) is 14.7. The summed E-state index contributed by atoms with van der Waals surface area (Å²) >= 11 is 0. The Morgan fingerprint density at radius 3 is 2.63 bits per heavy atom. The van der Waals surface area contributed by atoms with Crippen LogP contribution in [-0.4, -0.2) is 10.9 Å². The van der Waals surface area contributed by atoms with Gasteiger partial charge in [-0.1, -0.05) is 24.3 Å². The van der Waals surface area contributed by atoms with E-state index in [2.05, 4.69) is 10.3 Å². The molecule has 0 bridgehead atoms. The number of nitrogens with zero attached hydrogens (tertiary/aromatic N) is 1. The number of amides is 1. The molecule has 0 saturated carbocycles. The Labute approximate surface area is 156 Å². The summed E-state index contributed by atoms with van der Waals surface area (Å²) in [6.45, 7) is 1.87. The van der Waals surface area contributed by atoms with Gasteiger partial charge in [-0.2, -0.15) is 0 Å². The standard InChI is InChI=1S/C22H18F2N2O/c1-15(17-4-2-5-18(12-17)19-6-3-11-25-14-19)26-22(27)10-8-16-7-9-20(23)13-21(16)24/h2-15H,1H3,(H,26,27)/b10-8+. The van der Waals surface area contributed by atoms with Gasteiger partial charge >= 0.3 is 0 Å². The van der Waals surface area contributed by atoms with E-state index in [9.17, 15) is 13.6 Å². The lowest BCUT2D eigenvalue weighted by atomic mass is 10.0. The lowest BCUT2D eigenvalue weighted by molar-refractivity contribution is -0.117. The molecule has 1 N–H and O–H groups in total. The van der Waals surface area contributed by atoms with Crippen molar-refractivity contribution >= 4 is 12.0 Å². The van der Waals surface area contributed by atoms with Gasteiger partial charge in [0.05, 0.1) is 6.04 Å². The molecule has 0 aliphatic heterocycles. The van der Waals surface area contributed by atoms with Crippen LogP contribution < -0.4 is 5.32 Å². The molecular weight excluding hydrogens is 346 g/mol. The van der Waals surface area contributed by atoms with E-state index >= 15 is 0 Å². The monoisotopic (exact) mass is 364 g/mol. The number of aromatic nitrogens is 1. The normalized spacial score (nSPS) is 12.1. The minimum atomic E-state index is -0.712. The Balaban J connectivity index is 1.69. The molecule has 5 heteroatoms. The summed E-state index contributed by atoms with van der Waals surface area (Å²) in [6, 6.07) is 14.6. The van der Waals surface area contributed by atoms with E-state index in [-0.39, 0.29) is 17.5 Å². The number of rotatable bonds is 5. The Morgan fingerprint density at radius 2 is 1.89 bits per heavy atom. The molecule has 27 heavy (non-hydrogen) atoms. The molecular formula is C22H18F2N2O. The summed E-state index contributed by atoms with van der Waals surface area (Å²) in [6.07, 6.45) is 6.05. The van der Waals surface area contributed by atoms with Gasteiger partial charge in [0, 0.05) is 30.1 Å². The van der Waals surface area contributed by atoms with Crippen LogP contribution in [0.2, 0.25) is 0 Å². The molecule has 3 rings (SSSR count). The number of benzene rings is 2. The van der Waals surface area contributed by atoms with Gasteiger partial charge in [0.1, 0.15) is 11.6 Å². The summed E-state index contributed by atoms with van der Waals surface area (Å²) in [5.74, 6) is -1.73. The number of hydrogen-bond donors (Lipinski definition) is 1. The summed E-state index contributed by atoms with van der Waals surface area (Å²) in [5, 5.41) is 2.84. The topological polar surface area (TPSA) is 42.0 Å². The van der Waals surface area contributed by atoms with E-state index < -0.39 is 11.6 Å². The Kier molecular flexibility index (Phi) is 5.71. The number of nitrogens with one attached hydrogen (secondary N) is 1. The highest BCUT2D eigenvalue weighted by Gasteiger charge is 2.09. The van der Waals surface area contributed by atoms with Crippen LogP contribution in [0.15, 0.2) is 73.1 Å². The fourth-order valence-electron chi connectivity index (χ4n) is 2.67. The SMILES string of the molecule is CC(NC(=O)/C=C/c1ccc(F)cc1F)c1cccc(-c2cccnc2)c1. The van der Waals surface area contributed by atoms with Crippen molar-refractivity contribution in [2.24, 2.45) is 0 Å². The number of pyridine rings is 1. The van der Waals surface area contributed by atoms with Crippen molar-refractivity contribution in [3.8, 4) is 11.1 Å².